The SMILES string of the molecule is C=CCc1ccc(OCC(=O)NCCNCC)c(OC)c1.Cl. The van der Waals surface area contributed by atoms with E-state index in [0.717, 1.165) is 25.1 Å². The van der Waals surface area contributed by atoms with Gasteiger partial charge < -0.3 is 20.1 Å². The number of carbonyl (C=O) groups excluding carboxylic acids is 1. The lowest BCUT2D eigenvalue weighted by Gasteiger charge is -2.12. The fourth-order valence-corrected chi connectivity index (χ4v) is 1.79. The highest BCUT2D eigenvalue weighted by atomic mass is 35.5. The third-order valence-corrected chi connectivity index (χ3v) is 2.84. The Hall–Kier alpha value is -1.72. The summed E-state index contributed by atoms with van der Waals surface area (Å²) in [5.41, 5.74) is 1.09. The summed E-state index contributed by atoms with van der Waals surface area (Å²) in [5, 5.41) is 5.91. The van der Waals surface area contributed by atoms with Gasteiger partial charge in [-0.15, -0.1) is 19.0 Å². The Bertz CT molecular complexity index is 467. The van der Waals surface area contributed by atoms with Crippen molar-refractivity contribution in [1.82, 2.24) is 10.6 Å². The van der Waals surface area contributed by atoms with Crippen molar-refractivity contribution in [3.05, 3.63) is 36.4 Å². The zero-order chi connectivity index (χ0) is 15.5. The summed E-state index contributed by atoms with van der Waals surface area (Å²) < 4.78 is 10.8. The Morgan fingerprint density at radius 1 is 1.32 bits per heavy atom. The molecule has 0 bridgehead atoms. The van der Waals surface area contributed by atoms with Gasteiger partial charge in [0.05, 0.1) is 7.11 Å². The van der Waals surface area contributed by atoms with E-state index in [1.807, 2.05) is 31.2 Å². The molecule has 1 aromatic rings. The number of rotatable bonds is 10. The van der Waals surface area contributed by atoms with Gasteiger partial charge in [0.2, 0.25) is 0 Å². The molecule has 0 radical (unpaired) electrons. The Kier molecular flexibility index (Phi) is 11.0. The van der Waals surface area contributed by atoms with Gasteiger partial charge in [-0.3, -0.25) is 4.79 Å². The van der Waals surface area contributed by atoms with Crippen molar-refractivity contribution in [1.29, 1.82) is 0 Å². The number of methoxy groups -OCH3 is 1. The summed E-state index contributed by atoms with van der Waals surface area (Å²) in [5.74, 6) is 1.03. The van der Waals surface area contributed by atoms with Crippen LogP contribution in [0.15, 0.2) is 30.9 Å². The van der Waals surface area contributed by atoms with Crippen molar-refractivity contribution in [3.63, 3.8) is 0 Å². The number of carbonyl (C=O) groups is 1. The van der Waals surface area contributed by atoms with E-state index in [1.54, 1.807) is 7.11 Å². The maximum Gasteiger partial charge on any atom is 0.257 e. The molecule has 0 aromatic heterocycles. The zero-order valence-electron chi connectivity index (χ0n) is 13.2. The normalized spacial score (nSPS) is 9.55. The van der Waals surface area contributed by atoms with Crippen molar-refractivity contribution in [2.75, 3.05) is 33.4 Å². The number of allylic oxidation sites excluding steroid dienone is 1. The highest BCUT2D eigenvalue weighted by molar-refractivity contribution is 5.85. The third kappa shape index (κ3) is 7.33. The van der Waals surface area contributed by atoms with Gasteiger partial charge in [0.25, 0.3) is 5.91 Å². The minimum absolute atomic E-state index is 0. The van der Waals surface area contributed by atoms with Gasteiger partial charge in [-0.2, -0.15) is 0 Å². The topological polar surface area (TPSA) is 59.6 Å². The van der Waals surface area contributed by atoms with Crippen LogP contribution >= 0.6 is 12.4 Å². The van der Waals surface area contributed by atoms with Crippen LogP contribution in [0.4, 0.5) is 0 Å². The van der Waals surface area contributed by atoms with Crippen LogP contribution in [0.5, 0.6) is 11.5 Å². The first-order valence-electron chi connectivity index (χ1n) is 7.09. The second kappa shape index (κ2) is 11.9. The monoisotopic (exact) mass is 328 g/mol. The molecule has 0 unspecified atom stereocenters. The van der Waals surface area contributed by atoms with Crippen LogP contribution in [0.1, 0.15) is 12.5 Å². The molecule has 0 aliphatic carbocycles. The van der Waals surface area contributed by atoms with Crippen LogP contribution in [0.3, 0.4) is 0 Å². The third-order valence-electron chi connectivity index (χ3n) is 2.84. The number of hydrogen-bond donors (Lipinski definition) is 2. The van der Waals surface area contributed by atoms with E-state index in [9.17, 15) is 4.79 Å². The van der Waals surface area contributed by atoms with E-state index in [4.69, 9.17) is 9.47 Å². The van der Waals surface area contributed by atoms with Gasteiger partial charge in [0.15, 0.2) is 18.1 Å². The van der Waals surface area contributed by atoms with E-state index in [-0.39, 0.29) is 24.9 Å². The molecule has 6 heteroatoms. The zero-order valence-corrected chi connectivity index (χ0v) is 14.0. The Balaban J connectivity index is 0.00000441. The number of ether oxygens (including phenoxy) is 2. The van der Waals surface area contributed by atoms with Gasteiger partial charge in [0.1, 0.15) is 0 Å². The van der Waals surface area contributed by atoms with Crippen LogP contribution in [-0.2, 0) is 11.2 Å². The number of nitrogens with one attached hydrogen (secondary N) is 2. The van der Waals surface area contributed by atoms with Gasteiger partial charge >= 0.3 is 0 Å². The quantitative estimate of drug-likeness (QED) is 0.509. The van der Waals surface area contributed by atoms with Crippen LogP contribution in [-0.4, -0.2) is 39.3 Å². The van der Waals surface area contributed by atoms with E-state index in [1.165, 1.54) is 0 Å². The Morgan fingerprint density at radius 2 is 2.09 bits per heavy atom. The first-order valence-corrected chi connectivity index (χ1v) is 7.09. The highest BCUT2D eigenvalue weighted by Gasteiger charge is 2.08. The first-order chi connectivity index (χ1) is 10.2. The molecule has 1 aromatic carbocycles. The summed E-state index contributed by atoms with van der Waals surface area (Å²) in [6, 6.07) is 5.63. The fraction of sp³-hybridized carbons (Fsp3) is 0.438. The molecule has 0 aliphatic heterocycles. The largest absolute Gasteiger partial charge is 0.493 e. The number of benzene rings is 1. The Morgan fingerprint density at radius 3 is 2.73 bits per heavy atom. The number of likely N-dealkylation sites (N-methyl/N-ethyl adjacent to an activating group) is 1. The van der Waals surface area contributed by atoms with E-state index < -0.39 is 0 Å². The molecule has 0 saturated heterocycles. The van der Waals surface area contributed by atoms with Crippen molar-refractivity contribution < 1.29 is 14.3 Å². The number of amides is 1. The summed E-state index contributed by atoms with van der Waals surface area (Å²) in [4.78, 5) is 11.6. The molecule has 0 heterocycles. The first kappa shape index (κ1) is 20.3. The molecule has 0 saturated carbocycles. The van der Waals surface area contributed by atoms with Crippen LogP contribution in [0, 0.1) is 0 Å². The van der Waals surface area contributed by atoms with Crippen molar-refractivity contribution in [2.45, 2.75) is 13.3 Å². The summed E-state index contributed by atoms with van der Waals surface area (Å²) in [7, 11) is 1.58. The van der Waals surface area contributed by atoms with Gasteiger partial charge in [0, 0.05) is 13.1 Å². The molecule has 1 amide bonds. The van der Waals surface area contributed by atoms with Crippen LogP contribution < -0.4 is 20.1 Å². The standard InChI is InChI=1S/C16H24N2O3.ClH/c1-4-6-13-7-8-14(15(11-13)20-3)21-12-16(19)18-10-9-17-5-2;/h4,7-8,11,17H,1,5-6,9-10,12H2,2-3H3,(H,18,19);1H. The molecule has 2 N–H and O–H groups in total. The molecular weight excluding hydrogens is 304 g/mol. The number of halogens is 1. The maximum atomic E-state index is 11.6. The summed E-state index contributed by atoms with van der Waals surface area (Å²) in [6.45, 7) is 7.93. The maximum absolute atomic E-state index is 11.6. The lowest BCUT2D eigenvalue weighted by Crippen LogP contribution is -2.34. The lowest BCUT2D eigenvalue weighted by molar-refractivity contribution is -0.123. The summed E-state index contributed by atoms with van der Waals surface area (Å²) in [6.07, 6.45) is 2.59. The van der Waals surface area contributed by atoms with E-state index >= 15 is 0 Å². The molecule has 0 fully saturated rings. The highest BCUT2D eigenvalue weighted by Crippen LogP contribution is 2.28. The number of hydrogen-bond acceptors (Lipinski definition) is 4. The van der Waals surface area contributed by atoms with Crippen molar-refractivity contribution in [3.8, 4) is 11.5 Å². The lowest BCUT2D eigenvalue weighted by atomic mass is 10.1. The van der Waals surface area contributed by atoms with Gasteiger partial charge in [-0.1, -0.05) is 19.1 Å². The fourth-order valence-electron chi connectivity index (χ4n) is 1.79. The minimum Gasteiger partial charge on any atom is -0.493 e. The van der Waals surface area contributed by atoms with Crippen LogP contribution in [0.25, 0.3) is 0 Å². The van der Waals surface area contributed by atoms with E-state index in [2.05, 4.69) is 17.2 Å². The molecule has 22 heavy (non-hydrogen) atoms. The average molecular weight is 329 g/mol. The van der Waals surface area contributed by atoms with Crippen molar-refractivity contribution in [2.24, 2.45) is 0 Å². The smallest absolute Gasteiger partial charge is 0.257 e. The van der Waals surface area contributed by atoms with E-state index in [0.29, 0.717) is 18.0 Å². The second-order valence-electron chi connectivity index (χ2n) is 4.47. The average Bonchev–Trinajstić information content (AvgIpc) is 2.50. The molecule has 0 spiro atoms. The second-order valence-corrected chi connectivity index (χ2v) is 4.47. The predicted octanol–water partition coefficient (Wildman–Crippen LogP) is 1.95. The molecule has 0 atom stereocenters. The van der Waals surface area contributed by atoms with Gasteiger partial charge in [-0.25, -0.2) is 0 Å². The molecule has 124 valence electrons. The predicted molar refractivity (Wildman–Crippen MR) is 91.2 cm³/mol. The molecule has 5 nitrogen and oxygen atoms in total. The van der Waals surface area contributed by atoms with Gasteiger partial charge in [-0.05, 0) is 30.7 Å². The molecule has 0 aliphatic rings. The van der Waals surface area contributed by atoms with Crippen LogP contribution in [0.2, 0.25) is 0 Å². The summed E-state index contributed by atoms with van der Waals surface area (Å²) >= 11 is 0. The minimum atomic E-state index is -0.148. The Labute approximate surface area is 138 Å². The molecule has 1 rings (SSSR count). The van der Waals surface area contributed by atoms with Crippen molar-refractivity contribution >= 4 is 18.3 Å². The molecular formula is C16H25ClN2O3.